The first kappa shape index (κ1) is 31.5. The second-order valence-corrected chi connectivity index (χ2v) is 10.9. The fourth-order valence-electron chi connectivity index (χ4n) is 5.22. The second-order valence-electron chi connectivity index (χ2n) is 9.94. The Morgan fingerprint density at radius 1 is 0.933 bits per heavy atom. The number of carbonyl (C=O) groups excluding carboxylic acids is 2. The number of allylic oxidation sites excluding steroid dienone is 1. The number of rotatable bonds is 11. The summed E-state index contributed by atoms with van der Waals surface area (Å²) in [6.45, 7) is 7.80. The number of esters is 2. The quantitative estimate of drug-likeness (QED) is 0.226. The van der Waals surface area contributed by atoms with Crippen LogP contribution in [0.1, 0.15) is 44.9 Å². The maximum Gasteiger partial charge on any atom is 0.343 e. The molecule has 1 aliphatic heterocycles. The molecule has 0 spiro atoms. The first-order valence-corrected chi connectivity index (χ1v) is 15.4. The molecule has 234 valence electrons. The lowest BCUT2D eigenvalue weighted by Gasteiger charge is -2.25. The van der Waals surface area contributed by atoms with Gasteiger partial charge in [-0.25, -0.2) is 14.6 Å². The highest BCUT2D eigenvalue weighted by molar-refractivity contribution is 7.07. The molecular weight excluding hydrogens is 596 g/mol. The lowest BCUT2D eigenvalue weighted by atomic mass is 9.95. The van der Waals surface area contributed by atoms with Crippen molar-refractivity contribution < 1.29 is 33.3 Å². The normalized spacial score (nSPS) is 14.5. The number of hydrogen-bond donors (Lipinski definition) is 0. The fourth-order valence-corrected chi connectivity index (χ4v) is 6.25. The van der Waals surface area contributed by atoms with Crippen LogP contribution < -0.4 is 29.1 Å². The average Bonchev–Trinajstić information content (AvgIpc) is 3.34. The van der Waals surface area contributed by atoms with Crippen LogP contribution in [0.5, 0.6) is 17.2 Å². The topological polar surface area (TPSA) is 115 Å². The smallest absolute Gasteiger partial charge is 0.343 e. The van der Waals surface area contributed by atoms with Gasteiger partial charge < -0.3 is 23.7 Å². The minimum atomic E-state index is -0.866. The van der Waals surface area contributed by atoms with Gasteiger partial charge >= 0.3 is 11.9 Å². The van der Waals surface area contributed by atoms with E-state index >= 15 is 0 Å². The van der Waals surface area contributed by atoms with Gasteiger partial charge in [-0.1, -0.05) is 47.7 Å². The zero-order valence-corrected chi connectivity index (χ0v) is 26.6. The van der Waals surface area contributed by atoms with Crippen molar-refractivity contribution in [1.82, 2.24) is 4.57 Å². The molecule has 10 nitrogen and oxygen atoms in total. The highest BCUT2D eigenvalue weighted by atomic mass is 32.1. The Balaban J connectivity index is 1.72. The monoisotopic (exact) mass is 630 g/mol. The SMILES string of the molecule is CCOC(=O)C1=C(C)N=c2s/c(=C\c3c(OCC)ccc4ccccc34)c(=O)n2[C@@H]1c1ccc(OCC(=O)OC)c(OCC)c1. The summed E-state index contributed by atoms with van der Waals surface area (Å²) in [6.07, 6.45) is 1.83. The third kappa shape index (κ3) is 6.34. The van der Waals surface area contributed by atoms with Crippen molar-refractivity contribution >= 4 is 40.1 Å². The number of aromatic nitrogens is 1. The number of thiazole rings is 1. The van der Waals surface area contributed by atoms with Gasteiger partial charge in [-0.3, -0.25) is 9.36 Å². The van der Waals surface area contributed by atoms with Crippen molar-refractivity contribution in [1.29, 1.82) is 0 Å². The summed E-state index contributed by atoms with van der Waals surface area (Å²) in [5, 5.41) is 1.95. The molecule has 4 aromatic rings. The summed E-state index contributed by atoms with van der Waals surface area (Å²) in [5.74, 6) is 0.197. The first-order chi connectivity index (χ1) is 21.8. The molecule has 0 unspecified atom stereocenters. The summed E-state index contributed by atoms with van der Waals surface area (Å²) in [4.78, 5) is 44.5. The van der Waals surface area contributed by atoms with E-state index in [-0.39, 0.29) is 24.3 Å². The molecule has 0 fully saturated rings. The fraction of sp³-hybridized carbons (Fsp3) is 0.294. The highest BCUT2D eigenvalue weighted by Crippen LogP contribution is 2.36. The maximum absolute atomic E-state index is 14.3. The number of nitrogens with zero attached hydrogens (tertiary/aromatic N) is 2. The zero-order valence-electron chi connectivity index (χ0n) is 25.7. The standard InChI is InChI=1S/C34H34N2O8S/c1-6-41-25-15-13-21-11-9-10-12-23(21)24(25)18-28-32(38)36-31(30(33(39)43-8-3)20(4)35-34(36)45-28)22-14-16-26(27(17-22)42-7-2)44-19-29(37)40-5/h9-18,31H,6-8,19H2,1-5H3/b28-18-/t31-/m1/s1. The number of ether oxygens (including phenoxy) is 5. The number of fused-ring (bicyclic) bond motifs is 2. The van der Waals surface area contributed by atoms with Gasteiger partial charge in [-0.15, -0.1) is 0 Å². The molecule has 45 heavy (non-hydrogen) atoms. The molecule has 3 aromatic carbocycles. The van der Waals surface area contributed by atoms with Gasteiger partial charge in [0.05, 0.1) is 48.8 Å². The Morgan fingerprint density at radius 2 is 1.67 bits per heavy atom. The highest BCUT2D eigenvalue weighted by Gasteiger charge is 2.34. The molecule has 0 radical (unpaired) electrons. The van der Waals surface area contributed by atoms with Crippen molar-refractivity contribution in [2.24, 2.45) is 4.99 Å². The van der Waals surface area contributed by atoms with E-state index in [2.05, 4.69) is 9.73 Å². The van der Waals surface area contributed by atoms with Crippen LogP contribution in [0.25, 0.3) is 16.8 Å². The van der Waals surface area contributed by atoms with Gasteiger partial charge in [0.2, 0.25) is 0 Å². The molecule has 0 saturated carbocycles. The zero-order chi connectivity index (χ0) is 32.1. The van der Waals surface area contributed by atoms with Crippen LogP contribution >= 0.6 is 11.3 Å². The predicted molar refractivity (Wildman–Crippen MR) is 171 cm³/mol. The van der Waals surface area contributed by atoms with Gasteiger partial charge in [-0.05, 0) is 68.3 Å². The summed E-state index contributed by atoms with van der Waals surface area (Å²) in [5.41, 5.74) is 1.72. The van der Waals surface area contributed by atoms with E-state index in [0.717, 1.165) is 16.3 Å². The average molecular weight is 631 g/mol. The number of benzene rings is 3. The molecule has 0 bridgehead atoms. The van der Waals surface area contributed by atoms with Crippen molar-refractivity contribution in [2.45, 2.75) is 33.7 Å². The Bertz CT molecular complexity index is 1970. The van der Waals surface area contributed by atoms with Crippen molar-refractivity contribution in [3.63, 3.8) is 0 Å². The lowest BCUT2D eigenvalue weighted by molar-refractivity contribution is -0.143. The Hall–Kier alpha value is -4.90. The van der Waals surface area contributed by atoms with Crippen LogP contribution in [-0.2, 0) is 19.1 Å². The van der Waals surface area contributed by atoms with Crippen LogP contribution in [0, 0.1) is 0 Å². The van der Waals surface area contributed by atoms with Crippen molar-refractivity contribution in [3.05, 3.63) is 96.7 Å². The molecule has 1 aromatic heterocycles. The van der Waals surface area contributed by atoms with Gasteiger partial charge in [0, 0.05) is 5.56 Å². The Kier molecular flexibility index (Phi) is 9.68. The van der Waals surface area contributed by atoms with Gasteiger partial charge in [0.25, 0.3) is 5.56 Å². The molecule has 2 heterocycles. The van der Waals surface area contributed by atoms with Crippen molar-refractivity contribution in [2.75, 3.05) is 33.5 Å². The minimum absolute atomic E-state index is 0.151. The van der Waals surface area contributed by atoms with E-state index < -0.39 is 18.0 Å². The Morgan fingerprint density at radius 3 is 2.40 bits per heavy atom. The van der Waals surface area contributed by atoms with E-state index in [0.29, 0.717) is 51.1 Å². The molecule has 1 aliphatic rings. The van der Waals surface area contributed by atoms with E-state index in [9.17, 15) is 14.4 Å². The molecule has 0 aliphatic carbocycles. The van der Waals surface area contributed by atoms with E-state index in [1.165, 1.54) is 23.0 Å². The maximum atomic E-state index is 14.3. The summed E-state index contributed by atoms with van der Waals surface area (Å²) in [6, 6.07) is 16.0. The minimum Gasteiger partial charge on any atom is -0.493 e. The lowest BCUT2D eigenvalue weighted by Crippen LogP contribution is -2.40. The van der Waals surface area contributed by atoms with Crippen LogP contribution in [0.15, 0.2) is 75.7 Å². The first-order valence-electron chi connectivity index (χ1n) is 14.6. The van der Waals surface area contributed by atoms with Gasteiger partial charge in [0.1, 0.15) is 5.75 Å². The largest absolute Gasteiger partial charge is 0.493 e. The van der Waals surface area contributed by atoms with Crippen LogP contribution in [0.3, 0.4) is 0 Å². The summed E-state index contributed by atoms with van der Waals surface area (Å²) in [7, 11) is 1.28. The number of methoxy groups -OCH3 is 1. The number of carbonyl (C=O) groups is 2. The summed E-state index contributed by atoms with van der Waals surface area (Å²) >= 11 is 1.23. The molecule has 11 heteroatoms. The predicted octanol–water partition coefficient (Wildman–Crippen LogP) is 4.30. The second kappa shape index (κ2) is 13.8. The third-order valence-electron chi connectivity index (χ3n) is 7.18. The van der Waals surface area contributed by atoms with Crippen LogP contribution in [0.2, 0.25) is 0 Å². The van der Waals surface area contributed by atoms with Crippen LogP contribution in [-0.4, -0.2) is 50.0 Å². The molecule has 0 saturated heterocycles. The Labute approximate surface area is 263 Å². The number of hydrogen-bond acceptors (Lipinski definition) is 10. The van der Waals surface area contributed by atoms with E-state index in [4.69, 9.17) is 18.9 Å². The third-order valence-corrected chi connectivity index (χ3v) is 8.16. The molecule has 5 rings (SSSR count). The summed E-state index contributed by atoms with van der Waals surface area (Å²) < 4.78 is 29.5. The van der Waals surface area contributed by atoms with Crippen LogP contribution in [0.4, 0.5) is 0 Å². The molecule has 0 N–H and O–H groups in total. The van der Waals surface area contributed by atoms with Gasteiger partial charge in [0.15, 0.2) is 22.9 Å². The van der Waals surface area contributed by atoms with E-state index in [1.54, 1.807) is 32.0 Å². The van der Waals surface area contributed by atoms with E-state index in [1.807, 2.05) is 56.3 Å². The molecular formula is C34H34N2O8S. The molecule has 0 amide bonds. The van der Waals surface area contributed by atoms with Crippen molar-refractivity contribution in [3.8, 4) is 17.2 Å². The van der Waals surface area contributed by atoms with Gasteiger partial charge in [-0.2, -0.15) is 0 Å². The molecule has 1 atom stereocenters.